The fourth-order valence-corrected chi connectivity index (χ4v) is 2.78. The third kappa shape index (κ3) is 3.20. The van der Waals surface area contributed by atoms with Crippen molar-refractivity contribution in [1.29, 1.82) is 0 Å². The van der Waals surface area contributed by atoms with Crippen molar-refractivity contribution in [2.75, 3.05) is 6.61 Å². The Morgan fingerprint density at radius 1 is 1.50 bits per heavy atom. The van der Waals surface area contributed by atoms with Gasteiger partial charge in [0.1, 0.15) is 0 Å². The Morgan fingerprint density at radius 3 is 2.36 bits per heavy atom. The molecule has 0 bridgehead atoms. The molecule has 0 aromatic heterocycles. The first-order chi connectivity index (χ1) is 6.37. The Hall–Kier alpha value is -0.170. The third-order valence-electron chi connectivity index (χ3n) is 2.89. The minimum absolute atomic E-state index is 0.184. The summed E-state index contributed by atoms with van der Waals surface area (Å²) in [6.07, 6.45) is 3.15. The zero-order valence-electron chi connectivity index (χ0n) is 8.36. The van der Waals surface area contributed by atoms with E-state index >= 15 is 0 Å². The van der Waals surface area contributed by atoms with Gasteiger partial charge >= 0.3 is 0 Å². The smallest absolute Gasteiger partial charge is 0.274 e. The second kappa shape index (κ2) is 4.14. The van der Waals surface area contributed by atoms with Gasteiger partial charge in [-0.25, -0.2) is 5.14 Å². The predicted octanol–water partition coefficient (Wildman–Crippen LogP) is -0.279. The highest BCUT2D eigenvalue weighted by Gasteiger charge is 2.36. The quantitative estimate of drug-likeness (QED) is 0.613. The van der Waals surface area contributed by atoms with Gasteiger partial charge in [-0.2, -0.15) is 13.1 Å². The Morgan fingerprint density at radius 2 is 2.00 bits per heavy atom. The van der Waals surface area contributed by atoms with E-state index < -0.39 is 15.7 Å². The van der Waals surface area contributed by atoms with Gasteiger partial charge in [-0.15, -0.1) is 0 Å². The number of rotatable bonds is 3. The number of aliphatic hydroxyl groups excluding tert-OH is 1. The van der Waals surface area contributed by atoms with Crippen LogP contribution in [0, 0.1) is 5.92 Å². The van der Waals surface area contributed by atoms with Crippen molar-refractivity contribution in [3.8, 4) is 0 Å². The summed E-state index contributed by atoms with van der Waals surface area (Å²) < 4.78 is 24.1. The molecule has 1 fully saturated rings. The minimum atomic E-state index is -3.72. The first-order valence-corrected chi connectivity index (χ1v) is 6.34. The molecule has 0 radical (unpaired) electrons. The Kier molecular flexibility index (Phi) is 3.52. The molecule has 0 unspecified atom stereocenters. The van der Waals surface area contributed by atoms with Crippen molar-refractivity contribution in [1.82, 2.24) is 4.72 Å². The average molecular weight is 222 g/mol. The van der Waals surface area contributed by atoms with Crippen LogP contribution in [0.25, 0.3) is 0 Å². The Balaban J connectivity index is 2.68. The van der Waals surface area contributed by atoms with Crippen LogP contribution in [0.15, 0.2) is 0 Å². The van der Waals surface area contributed by atoms with Crippen molar-refractivity contribution < 1.29 is 13.5 Å². The molecule has 0 amide bonds. The van der Waals surface area contributed by atoms with Crippen LogP contribution in [0.3, 0.4) is 0 Å². The molecule has 0 aromatic rings. The topological polar surface area (TPSA) is 92.4 Å². The molecule has 0 spiro atoms. The number of hydrogen-bond acceptors (Lipinski definition) is 3. The van der Waals surface area contributed by atoms with Gasteiger partial charge in [-0.3, -0.25) is 0 Å². The van der Waals surface area contributed by atoms with Gasteiger partial charge in [0, 0.05) is 0 Å². The van der Waals surface area contributed by atoms with Crippen molar-refractivity contribution in [2.45, 2.75) is 38.1 Å². The van der Waals surface area contributed by atoms with E-state index in [2.05, 4.69) is 11.6 Å². The summed E-state index contributed by atoms with van der Waals surface area (Å²) in [4.78, 5) is 0. The standard InChI is InChI=1S/C8H18N2O3S/c1-7-2-4-8(6-11,5-3-7)10-14(9,12)13/h7,10-11H,2-6H2,1H3,(H2,9,12,13). The average Bonchev–Trinajstić information content (AvgIpc) is 2.07. The van der Waals surface area contributed by atoms with E-state index in [1.54, 1.807) is 0 Å². The Labute approximate surface area is 84.9 Å². The molecule has 84 valence electrons. The maximum absolute atomic E-state index is 10.9. The normalized spacial score (nSPS) is 34.4. The second-order valence-electron chi connectivity index (χ2n) is 4.27. The highest BCUT2D eigenvalue weighted by atomic mass is 32.2. The molecule has 6 heteroatoms. The summed E-state index contributed by atoms with van der Waals surface area (Å²) in [5.41, 5.74) is -0.722. The van der Waals surface area contributed by atoms with Crippen LogP contribution in [0.4, 0.5) is 0 Å². The molecule has 1 aliphatic rings. The van der Waals surface area contributed by atoms with Crippen LogP contribution in [-0.4, -0.2) is 25.7 Å². The van der Waals surface area contributed by atoms with E-state index in [1.807, 2.05) is 0 Å². The molecule has 14 heavy (non-hydrogen) atoms. The lowest BCUT2D eigenvalue weighted by Gasteiger charge is -2.37. The van der Waals surface area contributed by atoms with Gasteiger partial charge in [0.05, 0.1) is 12.1 Å². The second-order valence-corrected chi connectivity index (χ2v) is 5.56. The fourth-order valence-electron chi connectivity index (χ4n) is 1.91. The lowest BCUT2D eigenvalue weighted by atomic mass is 9.78. The van der Waals surface area contributed by atoms with Gasteiger partial charge in [0.25, 0.3) is 10.2 Å². The number of nitrogens with two attached hydrogens (primary N) is 1. The van der Waals surface area contributed by atoms with E-state index in [0.29, 0.717) is 18.8 Å². The van der Waals surface area contributed by atoms with Crippen LogP contribution in [0.2, 0.25) is 0 Å². The van der Waals surface area contributed by atoms with Crippen LogP contribution < -0.4 is 9.86 Å². The summed E-state index contributed by atoms with van der Waals surface area (Å²) in [6.45, 7) is 1.94. The van der Waals surface area contributed by atoms with E-state index in [4.69, 9.17) is 5.14 Å². The molecule has 1 saturated carbocycles. The lowest BCUT2D eigenvalue weighted by Crippen LogP contribution is -2.55. The SMILES string of the molecule is CC1CCC(CO)(NS(N)(=O)=O)CC1. The summed E-state index contributed by atoms with van der Waals surface area (Å²) in [7, 11) is -3.72. The molecule has 1 rings (SSSR count). The van der Waals surface area contributed by atoms with Crippen molar-refractivity contribution in [2.24, 2.45) is 11.1 Å². The van der Waals surface area contributed by atoms with Crippen molar-refractivity contribution in [3.05, 3.63) is 0 Å². The summed E-state index contributed by atoms with van der Waals surface area (Å²) >= 11 is 0. The van der Waals surface area contributed by atoms with E-state index in [-0.39, 0.29) is 6.61 Å². The number of aliphatic hydroxyl groups is 1. The van der Waals surface area contributed by atoms with Crippen molar-refractivity contribution in [3.63, 3.8) is 0 Å². The summed E-state index contributed by atoms with van der Waals surface area (Å²) in [6, 6.07) is 0. The number of hydrogen-bond donors (Lipinski definition) is 3. The van der Waals surface area contributed by atoms with Crippen LogP contribution in [0.5, 0.6) is 0 Å². The number of nitrogens with one attached hydrogen (secondary N) is 1. The zero-order valence-corrected chi connectivity index (χ0v) is 9.18. The zero-order chi connectivity index (χ0) is 10.8. The molecule has 0 saturated heterocycles. The maximum atomic E-state index is 10.9. The fraction of sp³-hybridized carbons (Fsp3) is 1.00. The first-order valence-electron chi connectivity index (χ1n) is 4.79. The van der Waals surface area contributed by atoms with Gasteiger partial charge in [-0.1, -0.05) is 6.92 Å². The van der Waals surface area contributed by atoms with Crippen LogP contribution in [0.1, 0.15) is 32.6 Å². The van der Waals surface area contributed by atoms with Crippen LogP contribution >= 0.6 is 0 Å². The highest BCUT2D eigenvalue weighted by Crippen LogP contribution is 2.31. The molecule has 0 atom stereocenters. The Bertz CT molecular complexity index is 281. The largest absolute Gasteiger partial charge is 0.394 e. The molecule has 0 aromatic carbocycles. The van der Waals surface area contributed by atoms with Gasteiger partial charge in [0.2, 0.25) is 0 Å². The maximum Gasteiger partial charge on any atom is 0.274 e. The van der Waals surface area contributed by atoms with Gasteiger partial charge in [0.15, 0.2) is 0 Å². The first kappa shape index (κ1) is 11.9. The third-order valence-corrected chi connectivity index (χ3v) is 3.61. The lowest BCUT2D eigenvalue weighted by molar-refractivity contribution is 0.125. The van der Waals surface area contributed by atoms with E-state index in [1.165, 1.54) is 0 Å². The molecule has 0 aliphatic heterocycles. The van der Waals surface area contributed by atoms with Gasteiger partial charge in [-0.05, 0) is 31.6 Å². The molecular formula is C8H18N2O3S. The monoisotopic (exact) mass is 222 g/mol. The van der Waals surface area contributed by atoms with E-state index in [0.717, 1.165) is 12.8 Å². The minimum Gasteiger partial charge on any atom is -0.394 e. The molecule has 0 heterocycles. The highest BCUT2D eigenvalue weighted by molar-refractivity contribution is 7.87. The molecule has 1 aliphatic carbocycles. The molecular weight excluding hydrogens is 204 g/mol. The molecule has 4 N–H and O–H groups in total. The van der Waals surface area contributed by atoms with Crippen LogP contribution in [-0.2, 0) is 10.2 Å². The predicted molar refractivity (Wildman–Crippen MR) is 53.7 cm³/mol. The molecule has 5 nitrogen and oxygen atoms in total. The summed E-state index contributed by atoms with van der Waals surface area (Å²) in [5.74, 6) is 0.594. The summed E-state index contributed by atoms with van der Waals surface area (Å²) in [5, 5.41) is 14.1. The van der Waals surface area contributed by atoms with Gasteiger partial charge < -0.3 is 5.11 Å². The van der Waals surface area contributed by atoms with E-state index in [9.17, 15) is 13.5 Å². The van der Waals surface area contributed by atoms with Crippen molar-refractivity contribution >= 4 is 10.2 Å².